The molecule has 166 valence electrons. The predicted molar refractivity (Wildman–Crippen MR) is 108 cm³/mol. The first-order chi connectivity index (χ1) is 15.2. The van der Waals surface area contributed by atoms with Gasteiger partial charge in [-0.1, -0.05) is 6.07 Å². The second kappa shape index (κ2) is 8.36. The molecule has 1 atom stereocenters. The lowest BCUT2D eigenvalue weighted by atomic mass is 10.0. The van der Waals surface area contributed by atoms with E-state index in [-0.39, 0.29) is 29.2 Å². The third-order valence-electron chi connectivity index (χ3n) is 5.15. The van der Waals surface area contributed by atoms with E-state index in [4.69, 9.17) is 0 Å². The first-order valence-corrected chi connectivity index (χ1v) is 11.1. The summed E-state index contributed by atoms with van der Waals surface area (Å²) >= 11 is 0. The predicted octanol–water partition coefficient (Wildman–Crippen LogP) is 2.88. The van der Waals surface area contributed by atoms with Crippen molar-refractivity contribution >= 4 is 15.7 Å². The van der Waals surface area contributed by atoms with Gasteiger partial charge in [0.15, 0.2) is 9.84 Å². The summed E-state index contributed by atoms with van der Waals surface area (Å²) in [5.41, 5.74) is -0.432. The van der Waals surface area contributed by atoms with E-state index >= 15 is 0 Å². The number of sulfone groups is 1. The number of amides is 1. The van der Waals surface area contributed by atoms with Crippen molar-refractivity contribution in [1.29, 1.82) is 0 Å². The molecule has 2 aromatic carbocycles. The van der Waals surface area contributed by atoms with E-state index in [1.807, 2.05) is 0 Å². The van der Waals surface area contributed by atoms with Gasteiger partial charge in [-0.25, -0.2) is 21.6 Å². The number of nitrogens with zero attached hydrogens (tertiary/aromatic N) is 2. The molecule has 1 unspecified atom stereocenters. The number of aromatic nitrogens is 1. The van der Waals surface area contributed by atoms with E-state index in [0.717, 1.165) is 48.7 Å². The average Bonchev–Trinajstić information content (AvgIpc) is 2.74. The van der Waals surface area contributed by atoms with Crippen molar-refractivity contribution in [3.63, 3.8) is 0 Å². The highest BCUT2D eigenvalue weighted by molar-refractivity contribution is 7.91. The van der Waals surface area contributed by atoms with Gasteiger partial charge in [-0.15, -0.1) is 0 Å². The van der Waals surface area contributed by atoms with Gasteiger partial charge in [0.2, 0.25) is 0 Å². The lowest BCUT2D eigenvalue weighted by molar-refractivity contribution is 0.00550. The van der Waals surface area contributed by atoms with Crippen LogP contribution in [0.2, 0.25) is 0 Å². The molecule has 10 heteroatoms. The third-order valence-corrected chi connectivity index (χ3v) is 7.23. The molecule has 1 N–H and O–H groups in total. The molecule has 1 aromatic heterocycles. The summed E-state index contributed by atoms with van der Waals surface area (Å²) in [6.45, 7) is 0.330. The van der Waals surface area contributed by atoms with Crippen LogP contribution < -0.4 is 0 Å². The molecule has 6 nitrogen and oxygen atoms in total. The number of hydrogen-bond donors (Lipinski definition) is 1. The molecule has 1 aliphatic rings. The molecule has 0 aliphatic carbocycles. The largest absolute Gasteiger partial charge is 0.389 e. The Morgan fingerprint density at radius 3 is 2.25 bits per heavy atom. The number of benzene rings is 2. The number of carbonyl (C=O) groups excluding carboxylic acids is 1. The maximum Gasteiger partial charge on any atom is 0.272 e. The Bertz CT molecular complexity index is 1260. The Morgan fingerprint density at radius 2 is 1.66 bits per heavy atom. The Balaban J connectivity index is 1.78. The van der Waals surface area contributed by atoms with Crippen LogP contribution in [-0.2, 0) is 9.84 Å². The Morgan fingerprint density at radius 1 is 1.00 bits per heavy atom. The fourth-order valence-corrected chi connectivity index (χ4v) is 5.27. The molecule has 0 bridgehead atoms. The molecular formula is C22H17F3N2O4S. The quantitative estimate of drug-likeness (QED) is 0.590. The van der Waals surface area contributed by atoms with E-state index in [2.05, 4.69) is 4.98 Å². The molecule has 1 saturated heterocycles. The molecule has 4 rings (SSSR count). The zero-order valence-corrected chi connectivity index (χ0v) is 17.3. The minimum absolute atomic E-state index is 0.000908. The van der Waals surface area contributed by atoms with E-state index in [9.17, 15) is 31.5 Å². The standard InChI is InChI=1S/C22H17F3N2O4S/c23-14-2-5-17(6-3-14)32(30,31)21(18-9-15(24)4-7-19(18)25)13-1-8-20(26-10-13)22(29)27-11-16(28)12-27/h1-10,16,21,28H,11-12H2. The van der Waals surface area contributed by atoms with Crippen molar-refractivity contribution in [2.24, 2.45) is 0 Å². The molecule has 3 aromatic rings. The van der Waals surface area contributed by atoms with Crippen LogP contribution in [0.4, 0.5) is 13.2 Å². The second-order valence-electron chi connectivity index (χ2n) is 7.39. The van der Waals surface area contributed by atoms with Crippen LogP contribution in [0.3, 0.4) is 0 Å². The van der Waals surface area contributed by atoms with Gasteiger partial charge in [0.25, 0.3) is 5.91 Å². The summed E-state index contributed by atoms with van der Waals surface area (Å²) in [5.74, 6) is -2.89. The van der Waals surface area contributed by atoms with Gasteiger partial charge >= 0.3 is 0 Å². The number of β-amino-alcohol motifs (C(OH)–C–C–N with tert-alkyl or cyclic N) is 1. The highest BCUT2D eigenvalue weighted by atomic mass is 32.2. The lowest BCUT2D eigenvalue weighted by Crippen LogP contribution is -2.53. The highest BCUT2D eigenvalue weighted by Gasteiger charge is 2.35. The number of halogens is 3. The molecule has 0 saturated carbocycles. The Labute approximate surface area is 181 Å². The highest BCUT2D eigenvalue weighted by Crippen LogP contribution is 2.36. The maximum absolute atomic E-state index is 14.6. The molecule has 1 aliphatic heterocycles. The van der Waals surface area contributed by atoms with E-state index < -0.39 is 50.1 Å². The van der Waals surface area contributed by atoms with Crippen LogP contribution in [-0.4, -0.2) is 48.5 Å². The van der Waals surface area contributed by atoms with Crippen LogP contribution in [0, 0.1) is 17.5 Å². The fourth-order valence-electron chi connectivity index (χ4n) is 3.47. The zero-order valence-electron chi connectivity index (χ0n) is 16.5. The number of hydrogen-bond acceptors (Lipinski definition) is 5. The molecule has 32 heavy (non-hydrogen) atoms. The van der Waals surface area contributed by atoms with Crippen molar-refractivity contribution in [1.82, 2.24) is 9.88 Å². The van der Waals surface area contributed by atoms with Crippen molar-refractivity contribution in [2.45, 2.75) is 16.2 Å². The molecule has 0 radical (unpaired) electrons. The minimum atomic E-state index is -4.36. The molecule has 2 heterocycles. The molecular weight excluding hydrogens is 445 g/mol. The average molecular weight is 462 g/mol. The van der Waals surface area contributed by atoms with Crippen LogP contribution in [0.5, 0.6) is 0 Å². The van der Waals surface area contributed by atoms with Crippen molar-refractivity contribution < 1.29 is 31.5 Å². The normalized spacial score (nSPS) is 15.3. The number of aliphatic hydroxyl groups excluding tert-OH is 1. The smallest absolute Gasteiger partial charge is 0.272 e. The Kier molecular flexibility index (Phi) is 5.74. The third kappa shape index (κ3) is 4.11. The van der Waals surface area contributed by atoms with E-state index in [0.29, 0.717) is 0 Å². The van der Waals surface area contributed by atoms with Gasteiger partial charge in [0, 0.05) is 24.8 Å². The summed E-state index contributed by atoms with van der Waals surface area (Å²) in [5, 5.41) is 7.66. The minimum Gasteiger partial charge on any atom is -0.389 e. The van der Waals surface area contributed by atoms with Crippen LogP contribution in [0.25, 0.3) is 0 Å². The SMILES string of the molecule is O=C(c1ccc(C(c2cc(F)ccc2F)S(=O)(=O)c2ccc(F)cc2)cn1)N1CC(O)C1. The first-order valence-electron chi connectivity index (χ1n) is 9.54. The number of rotatable bonds is 5. The summed E-state index contributed by atoms with van der Waals surface area (Å²) in [6, 6.07) is 9.02. The summed E-state index contributed by atoms with van der Waals surface area (Å²) in [6.07, 6.45) is 0.513. The van der Waals surface area contributed by atoms with Crippen molar-refractivity contribution in [3.8, 4) is 0 Å². The molecule has 1 fully saturated rings. The van der Waals surface area contributed by atoms with Crippen LogP contribution >= 0.6 is 0 Å². The zero-order chi connectivity index (χ0) is 23.0. The maximum atomic E-state index is 14.6. The van der Waals surface area contributed by atoms with Gasteiger partial charge in [0.05, 0.1) is 11.0 Å². The number of aliphatic hydroxyl groups is 1. The lowest BCUT2D eigenvalue weighted by Gasteiger charge is -2.35. The van der Waals surface area contributed by atoms with E-state index in [1.54, 1.807) is 0 Å². The van der Waals surface area contributed by atoms with Gasteiger partial charge in [-0.2, -0.15) is 0 Å². The van der Waals surface area contributed by atoms with Gasteiger partial charge in [-0.05, 0) is 54.1 Å². The summed E-state index contributed by atoms with van der Waals surface area (Å²) in [7, 11) is -4.36. The van der Waals surface area contributed by atoms with Gasteiger partial charge < -0.3 is 10.0 Å². The molecule has 1 amide bonds. The fraction of sp³-hybridized carbons (Fsp3) is 0.182. The van der Waals surface area contributed by atoms with Crippen LogP contribution in [0.15, 0.2) is 65.7 Å². The number of carbonyl (C=O) groups is 1. The topological polar surface area (TPSA) is 87.6 Å². The molecule has 0 spiro atoms. The second-order valence-corrected chi connectivity index (χ2v) is 9.42. The van der Waals surface area contributed by atoms with Crippen LogP contribution in [0.1, 0.15) is 26.9 Å². The van der Waals surface area contributed by atoms with E-state index in [1.165, 1.54) is 17.0 Å². The monoisotopic (exact) mass is 462 g/mol. The summed E-state index contributed by atoms with van der Waals surface area (Å²) in [4.78, 5) is 17.5. The van der Waals surface area contributed by atoms with Crippen molar-refractivity contribution in [3.05, 3.63) is 95.1 Å². The summed E-state index contributed by atoms with van der Waals surface area (Å²) < 4.78 is 68.6. The Hall–Kier alpha value is -3.24. The van der Waals surface area contributed by atoms with Crippen molar-refractivity contribution in [2.75, 3.05) is 13.1 Å². The number of pyridine rings is 1. The van der Waals surface area contributed by atoms with Gasteiger partial charge in [0.1, 0.15) is 28.4 Å². The first kappa shape index (κ1) is 22.0. The number of likely N-dealkylation sites (tertiary alicyclic amines) is 1. The van der Waals surface area contributed by atoms with Gasteiger partial charge in [-0.3, -0.25) is 9.78 Å².